The monoisotopic (exact) mass is 463 g/mol. The number of rotatable bonds is 6. The van der Waals surface area contributed by atoms with Crippen molar-refractivity contribution >= 4 is 32.4 Å². The van der Waals surface area contributed by atoms with Gasteiger partial charge >= 0.3 is 0 Å². The third kappa shape index (κ3) is 5.20. The molecule has 2 aliphatic rings. The molecule has 1 heterocycles. The van der Waals surface area contributed by atoms with Crippen LogP contribution in [-0.2, 0) is 10.0 Å². The standard InChI is InChI=1S/C26H29N3O3S/c30-26(29-14-4-13-28(15-16-29)19-20-9-10-20)23-7-3-8-24(17-23)27-33(31,32)25-12-11-21-5-1-2-6-22(21)18-25/h1-3,5-8,11-12,17-18,20,27H,4,9-10,13-16,19H2. The fraction of sp³-hybridized carbons (Fsp3) is 0.346. The van der Waals surface area contributed by atoms with Gasteiger partial charge in [-0.15, -0.1) is 0 Å². The van der Waals surface area contributed by atoms with E-state index in [9.17, 15) is 13.2 Å². The number of anilines is 1. The lowest BCUT2D eigenvalue weighted by atomic mass is 10.1. The number of fused-ring (bicyclic) bond motifs is 1. The highest BCUT2D eigenvalue weighted by Gasteiger charge is 2.27. The predicted molar refractivity (Wildman–Crippen MR) is 131 cm³/mol. The molecule has 0 unspecified atom stereocenters. The fourth-order valence-corrected chi connectivity index (χ4v) is 5.55. The zero-order valence-corrected chi connectivity index (χ0v) is 19.4. The van der Waals surface area contributed by atoms with E-state index in [2.05, 4.69) is 9.62 Å². The van der Waals surface area contributed by atoms with Crippen LogP contribution in [-0.4, -0.2) is 56.8 Å². The Bertz CT molecular complexity index is 1270. The van der Waals surface area contributed by atoms with Crippen molar-refractivity contribution in [3.8, 4) is 0 Å². The Morgan fingerprint density at radius 3 is 2.52 bits per heavy atom. The van der Waals surface area contributed by atoms with Gasteiger partial charge in [0.25, 0.3) is 15.9 Å². The molecular weight excluding hydrogens is 434 g/mol. The lowest BCUT2D eigenvalue weighted by Crippen LogP contribution is -2.35. The van der Waals surface area contributed by atoms with E-state index < -0.39 is 10.0 Å². The van der Waals surface area contributed by atoms with Crippen LogP contribution in [0.1, 0.15) is 29.6 Å². The number of amides is 1. The number of nitrogens with one attached hydrogen (secondary N) is 1. The first kappa shape index (κ1) is 21.9. The van der Waals surface area contributed by atoms with Gasteiger partial charge in [0.1, 0.15) is 0 Å². The average molecular weight is 464 g/mol. The van der Waals surface area contributed by atoms with Gasteiger partial charge in [-0.1, -0.05) is 36.4 Å². The second-order valence-corrected chi connectivity index (χ2v) is 10.8. The van der Waals surface area contributed by atoms with Crippen LogP contribution in [0.5, 0.6) is 0 Å². The minimum Gasteiger partial charge on any atom is -0.337 e. The van der Waals surface area contributed by atoms with Crippen LogP contribution < -0.4 is 4.72 Å². The van der Waals surface area contributed by atoms with E-state index in [1.54, 1.807) is 42.5 Å². The van der Waals surface area contributed by atoms with Gasteiger partial charge in [0.05, 0.1) is 4.90 Å². The molecule has 1 amide bonds. The number of carbonyl (C=O) groups excluding carboxylic acids is 1. The van der Waals surface area contributed by atoms with Crippen LogP contribution in [0.15, 0.2) is 71.6 Å². The van der Waals surface area contributed by atoms with Gasteiger partial charge in [-0.05, 0) is 72.8 Å². The van der Waals surface area contributed by atoms with Gasteiger partial charge in [0.15, 0.2) is 0 Å². The molecule has 2 fully saturated rings. The molecule has 0 spiro atoms. The molecule has 1 N–H and O–H groups in total. The minimum atomic E-state index is -3.77. The molecule has 3 aromatic rings. The summed E-state index contributed by atoms with van der Waals surface area (Å²) in [6.45, 7) is 4.52. The first-order valence-electron chi connectivity index (χ1n) is 11.6. The Hall–Kier alpha value is -2.90. The highest BCUT2D eigenvalue weighted by molar-refractivity contribution is 7.92. The molecule has 172 valence electrons. The second-order valence-electron chi connectivity index (χ2n) is 9.08. The summed E-state index contributed by atoms with van der Waals surface area (Å²) in [6.07, 6.45) is 3.63. The normalized spacial score (nSPS) is 17.6. The van der Waals surface area contributed by atoms with Gasteiger partial charge in [-0.3, -0.25) is 9.52 Å². The quantitative estimate of drug-likeness (QED) is 0.595. The summed E-state index contributed by atoms with van der Waals surface area (Å²) < 4.78 is 28.6. The van der Waals surface area contributed by atoms with E-state index in [4.69, 9.17) is 0 Å². The van der Waals surface area contributed by atoms with E-state index in [1.165, 1.54) is 12.8 Å². The summed E-state index contributed by atoms with van der Waals surface area (Å²) in [5.74, 6) is 0.801. The molecule has 0 aromatic heterocycles. The average Bonchev–Trinajstić information content (AvgIpc) is 3.66. The Labute approximate surface area is 195 Å². The van der Waals surface area contributed by atoms with Crippen molar-refractivity contribution in [2.45, 2.75) is 24.2 Å². The maximum absolute atomic E-state index is 13.2. The highest BCUT2D eigenvalue weighted by atomic mass is 32.2. The Morgan fingerprint density at radius 1 is 0.879 bits per heavy atom. The van der Waals surface area contributed by atoms with Crippen LogP contribution in [0.2, 0.25) is 0 Å². The van der Waals surface area contributed by atoms with Crippen molar-refractivity contribution in [3.63, 3.8) is 0 Å². The smallest absolute Gasteiger partial charge is 0.261 e. The van der Waals surface area contributed by atoms with Gasteiger partial charge in [-0.2, -0.15) is 0 Å². The van der Waals surface area contributed by atoms with Crippen molar-refractivity contribution in [1.29, 1.82) is 0 Å². The van der Waals surface area contributed by atoms with Crippen LogP contribution in [0.3, 0.4) is 0 Å². The molecule has 1 aliphatic heterocycles. The molecular formula is C26H29N3O3S. The van der Waals surface area contributed by atoms with E-state index >= 15 is 0 Å². The van der Waals surface area contributed by atoms with Crippen LogP contribution in [0, 0.1) is 5.92 Å². The van der Waals surface area contributed by atoms with Crippen LogP contribution in [0.4, 0.5) is 5.69 Å². The Kier molecular flexibility index (Phi) is 6.08. The summed E-state index contributed by atoms with van der Waals surface area (Å²) >= 11 is 0. The third-order valence-electron chi connectivity index (χ3n) is 6.48. The number of hydrogen-bond donors (Lipinski definition) is 1. The van der Waals surface area contributed by atoms with Crippen molar-refractivity contribution in [1.82, 2.24) is 9.80 Å². The minimum absolute atomic E-state index is 0.0463. The SMILES string of the molecule is O=C(c1cccc(NS(=O)(=O)c2ccc3ccccc3c2)c1)N1CCCN(CC2CC2)CC1. The molecule has 7 heteroatoms. The van der Waals surface area contributed by atoms with E-state index in [-0.39, 0.29) is 10.8 Å². The van der Waals surface area contributed by atoms with Gasteiger partial charge in [0.2, 0.25) is 0 Å². The summed E-state index contributed by atoms with van der Waals surface area (Å²) in [6, 6.07) is 19.5. The molecule has 0 radical (unpaired) electrons. The number of nitrogens with zero attached hydrogens (tertiary/aromatic N) is 2. The van der Waals surface area contributed by atoms with Crippen LogP contribution >= 0.6 is 0 Å². The van der Waals surface area contributed by atoms with E-state index in [0.717, 1.165) is 49.3 Å². The fourth-order valence-electron chi connectivity index (χ4n) is 4.47. The molecule has 3 aromatic carbocycles. The predicted octanol–water partition coefficient (Wildman–Crippen LogP) is 4.20. The lowest BCUT2D eigenvalue weighted by Gasteiger charge is -2.22. The number of carbonyl (C=O) groups is 1. The van der Waals surface area contributed by atoms with Gasteiger partial charge < -0.3 is 9.80 Å². The molecule has 0 atom stereocenters. The molecule has 0 bridgehead atoms. The van der Waals surface area contributed by atoms with Crippen molar-refractivity contribution < 1.29 is 13.2 Å². The first-order chi connectivity index (χ1) is 16.0. The molecule has 5 rings (SSSR count). The number of hydrogen-bond acceptors (Lipinski definition) is 4. The lowest BCUT2D eigenvalue weighted by molar-refractivity contribution is 0.0761. The molecule has 33 heavy (non-hydrogen) atoms. The maximum Gasteiger partial charge on any atom is 0.261 e. The topological polar surface area (TPSA) is 69.7 Å². The largest absolute Gasteiger partial charge is 0.337 e. The zero-order valence-electron chi connectivity index (χ0n) is 18.6. The Balaban J connectivity index is 1.29. The molecule has 1 saturated carbocycles. The van der Waals surface area contributed by atoms with Crippen molar-refractivity contribution in [3.05, 3.63) is 72.3 Å². The Morgan fingerprint density at radius 2 is 1.70 bits per heavy atom. The highest BCUT2D eigenvalue weighted by Crippen LogP contribution is 2.30. The van der Waals surface area contributed by atoms with Crippen LogP contribution in [0.25, 0.3) is 10.8 Å². The third-order valence-corrected chi connectivity index (χ3v) is 7.86. The summed E-state index contributed by atoms with van der Waals surface area (Å²) in [5, 5.41) is 1.85. The van der Waals surface area contributed by atoms with Gasteiger partial charge in [-0.25, -0.2) is 8.42 Å². The first-order valence-corrected chi connectivity index (χ1v) is 13.1. The summed E-state index contributed by atoms with van der Waals surface area (Å²) in [5.41, 5.74) is 0.892. The summed E-state index contributed by atoms with van der Waals surface area (Å²) in [4.78, 5) is 17.7. The molecule has 1 saturated heterocycles. The molecule has 1 aliphatic carbocycles. The van der Waals surface area contributed by atoms with E-state index in [0.29, 0.717) is 17.8 Å². The zero-order chi connectivity index (χ0) is 22.8. The van der Waals surface area contributed by atoms with Crippen molar-refractivity contribution in [2.24, 2.45) is 5.92 Å². The summed E-state index contributed by atoms with van der Waals surface area (Å²) in [7, 11) is -3.77. The maximum atomic E-state index is 13.2. The molecule has 6 nitrogen and oxygen atoms in total. The van der Waals surface area contributed by atoms with E-state index in [1.807, 2.05) is 29.2 Å². The van der Waals surface area contributed by atoms with Gasteiger partial charge in [0, 0.05) is 37.4 Å². The number of benzene rings is 3. The van der Waals surface area contributed by atoms with Crippen molar-refractivity contribution in [2.75, 3.05) is 37.4 Å². The number of sulfonamides is 1. The second kappa shape index (κ2) is 9.15.